The Labute approximate surface area is 127 Å². The summed E-state index contributed by atoms with van der Waals surface area (Å²) >= 11 is 0. The summed E-state index contributed by atoms with van der Waals surface area (Å²) in [4.78, 5) is 0. The first-order valence-corrected chi connectivity index (χ1v) is 10.4. The summed E-state index contributed by atoms with van der Waals surface area (Å²) in [5.41, 5.74) is 1.15. The molecule has 1 N–H and O–H groups in total. The Morgan fingerprint density at radius 3 is 2.14 bits per heavy atom. The molecule has 0 aliphatic carbocycles. The molecule has 0 aromatic heterocycles. The SMILES string of the molecule is CS(=O)(=O)NCCN(CCCc1ccccc1)S(C)(=O)=O. The third-order valence-corrected chi connectivity index (χ3v) is 4.94. The van der Waals surface area contributed by atoms with Crippen molar-refractivity contribution in [1.82, 2.24) is 9.03 Å². The van der Waals surface area contributed by atoms with E-state index in [9.17, 15) is 16.8 Å². The molecule has 0 aliphatic rings. The summed E-state index contributed by atoms with van der Waals surface area (Å²) in [6.07, 6.45) is 3.66. The van der Waals surface area contributed by atoms with Crippen LogP contribution in [0.25, 0.3) is 0 Å². The largest absolute Gasteiger partial charge is 0.214 e. The minimum atomic E-state index is -3.34. The number of hydrogen-bond donors (Lipinski definition) is 1. The third-order valence-electron chi connectivity index (χ3n) is 2.91. The monoisotopic (exact) mass is 334 g/mol. The van der Waals surface area contributed by atoms with E-state index in [0.29, 0.717) is 13.0 Å². The molecule has 0 fully saturated rings. The average molecular weight is 334 g/mol. The van der Waals surface area contributed by atoms with E-state index in [-0.39, 0.29) is 13.1 Å². The molecule has 1 aromatic carbocycles. The van der Waals surface area contributed by atoms with E-state index in [0.717, 1.165) is 24.5 Å². The highest BCUT2D eigenvalue weighted by atomic mass is 32.2. The minimum Gasteiger partial charge on any atom is -0.214 e. The van der Waals surface area contributed by atoms with Crippen LogP contribution in [0.2, 0.25) is 0 Å². The highest BCUT2D eigenvalue weighted by molar-refractivity contribution is 7.88. The lowest BCUT2D eigenvalue weighted by molar-refractivity contribution is 0.410. The van der Waals surface area contributed by atoms with Gasteiger partial charge in [-0.1, -0.05) is 30.3 Å². The topological polar surface area (TPSA) is 83.6 Å². The molecule has 6 nitrogen and oxygen atoms in total. The molecule has 0 saturated carbocycles. The molecule has 0 saturated heterocycles. The maximum atomic E-state index is 11.7. The maximum Gasteiger partial charge on any atom is 0.211 e. The van der Waals surface area contributed by atoms with Crippen LogP contribution in [0.3, 0.4) is 0 Å². The van der Waals surface area contributed by atoms with Crippen molar-refractivity contribution < 1.29 is 16.8 Å². The lowest BCUT2D eigenvalue weighted by atomic mass is 10.1. The summed E-state index contributed by atoms with van der Waals surface area (Å²) in [7, 11) is -6.64. The Bertz CT molecular complexity index is 627. The van der Waals surface area contributed by atoms with E-state index >= 15 is 0 Å². The standard InChI is InChI=1S/C13H22N2O4S2/c1-20(16,17)14-10-12-15(21(2,18)19)11-6-9-13-7-4-3-5-8-13/h3-5,7-8,14H,6,9-12H2,1-2H3. The molecule has 21 heavy (non-hydrogen) atoms. The molecule has 0 bridgehead atoms. The van der Waals surface area contributed by atoms with E-state index in [1.165, 1.54) is 4.31 Å². The molecule has 0 atom stereocenters. The van der Waals surface area contributed by atoms with Crippen molar-refractivity contribution in [3.63, 3.8) is 0 Å². The van der Waals surface area contributed by atoms with Gasteiger partial charge in [0.1, 0.15) is 0 Å². The van der Waals surface area contributed by atoms with Crippen LogP contribution in [0, 0.1) is 0 Å². The van der Waals surface area contributed by atoms with E-state index in [1.807, 2.05) is 30.3 Å². The fraction of sp³-hybridized carbons (Fsp3) is 0.538. The lowest BCUT2D eigenvalue weighted by Gasteiger charge is -2.19. The van der Waals surface area contributed by atoms with Gasteiger partial charge in [0.25, 0.3) is 0 Å². The summed E-state index contributed by atoms with van der Waals surface area (Å²) in [6.45, 7) is 0.594. The smallest absolute Gasteiger partial charge is 0.211 e. The summed E-state index contributed by atoms with van der Waals surface area (Å²) in [5, 5.41) is 0. The van der Waals surface area contributed by atoms with E-state index in [1.54, 1.807) is 0 Å². The van der Waals surface area contributed by atoms with Crippen LogP contribution in [-0.2, 0) is 26.5 Å². The zero-order valence-corrected chi connectivity index (χ0v) is 14.0. The molecular weight excluding hydrogens is 312 g/mol. The van der Waals surface area contributed by atoms with Gasteiger partial charge >= 0.3 is 0 Å². The molecular formula is C13H22N2O4S2. The van der Waals surface area contributed by atoms with Crippen LogP contribution in [0.1, 0.15) is 12.0 Å². The Morgan fingerprint density at radius 2 is 1.62 bits per heavy atom. The van der Waals surface area contributed by atoms with Crippen molar-refractivity contribution >= 4 is 20.0 Å². The number of nitrogens with one attached hydrogen (secondary N) is 1. The Kier molecular flexibility index (Phi) is 6.79. The highest BCUT2D eigenvalue weighted by Gasteiger charge is 2.16. The number of nitrogens with zero attached hydrogens (tertiary/aromatic N) is 1. The molecule has 0 aliphatic heterocycles. The van der Waals surface area contributed by atoms with Gasteiger partial charge in [-0.15, -0.1) is 0 Å². The fourth-order valence-electron chi connectivity index (χ4n) is 1.90. The van der Waals surface area contributed by atoms with Crippen molar-refractivity contribution in [3.8, 4) is 0 Å². The molecule has 0 spiro atoms. The number of sulfonamides is 2. The molecule has 0 amide bonds. The number of hydrogen-bond acceptors (Lipinski definition) is 4. The van der Waals surface area contributed by atoms with E-state index < -0.39 is 20.0 Å². The van der Waals surface area contributed by atoms with Gasteiger partial charge in [-0.3, -0.25) is 0 Å². The maximum absolute atomic E-state index is 11.7. The third kappa shape index (κ3) is 8.15. The zero-order chi connectivity index (χ0) is 15.9. The second-order valence-corrected chi connectivity index (χ2v) is 8.73. The van der Waals surface area contributed by atoms with Gasteiger partial charge in [0.15, 0.2) is 0 Å². The summed E-state index contributed by atoms with van der Waals surface area (Å²) in [5.74, 6) is 0. The second-order valence-electron chi connectivity index (χ2n) is 4.92. The Morgan fingerprint density at radius 1 is 1.00 bits per heavy atom. The predicted octanol–water partition coefficient (Wildman–Crippen LogP) is 0.430. The predicted molar refractivity (Wildman–Crippen MR) is 84.0 cm³/mol. The quantitative estimate of drug-likeness (QED) is 0.710. The van der Waals surface area contributed by atoms with Crippen molar-refractivity contribution in [1.29, 1.82) is 0 Å². The molecule has 0 heterocycles. The van der Waals surface area contributed by atoms with Gasteiger partial charge in [0, 0.05) is 19.6 Å². The fourth-order valence-corrected chi connectivity index (χ4v) is 3.25. The van der Waals surface area contributed by atoms with Gasteiger partial charge < -0.3 is 0 Å². The van der Waals surface area contributed by atoms with E-state index in [4.69, 9.17) is 0 Å². The van der Waals surface area contributed by atoms with Gasteiger partial charge in [0.05, 0.1) is 12.5 Å². The van der Waals surface area contributed by atoms with Crippen LogP contribution in [-0.4, -0.2) is 53.3 Å². The Hall–Kier alpha value is -0.960. The first-order chi connectivity index (χ1) is 9.68. The van der Waals surface area contributed by atoms with Gasteiger partial charge in [-0.25, -0.2) is 25.9 Å². The van der Waals surface area contributed by atoms with E-state index in [2.05, 4.69) is 4.72 Å². The average Bonchev–Trinajstić information content (AvgIpc) is 2.35. The van der Waals surface area contributed by atoms with Crippen molar-refractivity contribution in [2.45, 2.75) is 12.8 Å². The second kappa shape index (κ2) is 7.88. The van der Waals surface area contributed by atoms with Crippen LogP contribution in [0.5, 0.6) is 0 Å². The van der Waals surface area contributed by atoms with Crippen LogP contribution >= 0.6 is 0 Å². The molecule has 120 valence electrons. The normalized spacial score (nSPS) is 12.7. The number of aryl methyl sites for hydroxylation is 1. The number of rotatable bonds is 9. The van der Waals surface area contributed by atoms with Gasteiger partial charge in [0.2, 0.25) is 20.0 Å². The van der Waals surface area contributed by atoms with Gasteiger partial charge in [-0.05, 0) is 18.4 Å². The van der Waals surface area contributed by atoms with Crippen LogP contribution in [0.15, 0.2) is 30.3 Å². The van der Waals surface area contributed by atoms with Crippen molar-refractivity contribution in [2.24, 2.45) is 0 Å². The first-order valence-electron chi connectivity index (χ1n) is 6.62. The van der Waals surface area contributed by atoms with Crippen LogP contribution < -0.4 is 4.72 Å². The molecule has 0 radical (unpaired) electrons. The lowest BCUT2D eigenvalue weighted by Crippen LogP contribution is -2.38. The first kappa shape index (κ1) is 18.1. The number of benzene rings is 1. The van der Waals surface area contributed by atoms with Crippen molar-refractivity contribution in [2.75, 3.05) is 32.1 Å². The van der Waals surface area contributed by atoms with Crippen LogP contribution in [0.4, 0.5) is 0 Å². The van der Waals surface area contributed by atoms with Gasteiger partial charge in [-0.2, -0.15) is 0 Å². The molecule has 0 unspecified atom stereocenters. The molecule has 1 rings (SSSR count). The molecule has 8 heteroatoms. The highest BCUT2D eigenvalue weighted by Crippen LogP contribution is 2.05. The zero-order valence-electron chi connectivity index (χ0n) is 12.3. The minimum absolute atomic E-state index is 0.0806. The molecule has 1 aromatic rings. The summed E-state index contributed by atoms with van der Waals surface area (Å²) < 4.78 is 48.9. The van der Waals surface area contributed by atoms with Crippen molar-refractivity contribution in [3.05, 3.63) is 35.9 Å². The Balaban J connectivity index is 2.48. The summed E-state index contributed by atoms with van der Waals surface area (Å²) in [6, 6.07) is 9.81.